The Balaban J connectivity index is 1.42. The van der Waals surface area contributed by atoms with Crippen molar-refractivity contribution < 1.29 is 23.9 Å². The molecule has 1 aromatic carbocycles. The first kappa shape index (κ1) is 26.2. The van der Waals surface area contributed by atoms with Crippen LogP contribution in [-0.2, 0) is 23.9 Å². The van der Waals surface area contributed by atoms with E-state index in [1.165, 1.54) is 0 Å². The molecule has 8 atom stereocenters. The standard InChI is InChI=1S/C28H36ClN3O5/c1-16-6-4-7-20(17(16)2)31-26(34)24-28-13-12-21(37-28)22(23(28)27(35)32(24)14-5-15-36-3)25(33)30-19-10-8-18(29)9-11-19/h8-13,16-17,20-24H,4-7,14-15H2,1-3H3,(H,30,33)(H,31,34). The van der Waals surface area contributed by atoms with Crippen molar-refractivity contribution in [1.29, 1.82) is 0 Å². The van der Waals surface area contributed by atoms with Gasteiger partial charge in [-0.05, 0) is 48.9 Å². The second kappa shape index (κ2) is 10.4. The van der Waals surface area contributed by atoms with E-state index in [-0.39, 0.29) is 23.8 Å². The van der Waals surface area contributed by atoms with Gasteiger partial charge in [0.05, 0.1) is 17.9 Å². The summed E-state index contributed by atoms with van der Waals surface area (Å²) < 4.78 is 11.6. The number of halogens is 1. The van der Waals surface area contributed by atoms with Gasteiger partial charge in [-0.3, -0.25) is 14.4 Å². The second-order valence-corrected chi connectivity index (χ2v) is 11.4. The lowest BCUT2D eigenvalue weighted by Gasteiger charge is -2.38. The van der Waals surface area contributed by atoms with Crippen LogP contribution in [0.25, 0.3) is 0 Å². The van der Waals surface area contributed by atoms with Crippen LogP contribution in [0.1, 0.15) is 39.5 Å². The molecule has 0 aromatic heterocycles. The Morgan fingerprint density at radius 2 is 1.95 bits per heavy atom. The van der Waals surface area contributed by atoms with Gasteiger partial charge in [0.1, 0.15) is 11.6 Å². The van der Waals surface area contributed by atoms with E-state index in [2.05, 4.69) is 24.5 Å². The predicted octanol–water partition coefficient (Wildman–Crippen LogP) is 3.41. The van der Waals surface area contributed by atoms with Crippen LogP contribution in [-0.4, -0.2) is 66.7 Å². The highest BCUT2D eigenvalue weighted by Gasteiger charge is 2.72. The molecule has 5 rings (SSSR count). The molecule has 2 saturated heterocycles. The zero-order chi connectivity index (χ0) is 26.3. The molecular formula is C28H36ClN3O5. The molecule has 4 aliphatic rings. The van der Waals surface area contributed by atoms with Crippen LogP contribution in [0.3, 0.4) is 0 Å². The van der Waals surface area contributed by atoms with Gasteiger partial charge in [0.15, 0.2) is 0 Å². The maximum Gasteiger partial charge on any atom is 0.246 e. The van der Waals surface area contributed by atoms with Crippen molar-refractivity contribution in [2.24, 2.45) is 23.7 Å². The molecule has 37 heavy (non-hydrogen) atoms. The van der Waals surface area contributed by atoms with Crippen LogP contribution >= 0.6 is 11.6 Å². The number of hydrogen-bond acceptors (Lipinski definition) is 5. The van der Waals surface area contributed by atoms with Gasteiger partial charge in [-0.1, -0.05) is 50.4 Å². The largest absolute Gasteiger partial charge is 0.385 e. The van der Waals surface area contributed by atoms with E-state index in [1.54, 1.807) is 36.3 Å². The van der Waals surface area contributed by atoms with E-state index in [0.29, 0.717) is 42.1 Å². The Hall–Kier alpha value is -2.42. The number of carbonyl (C=O) groups is 3. The fraction of sp³-hybridized carbons (Fsp3) is 0.607. The quantitative estimate of drug-likeness (QED) is 0.397. The summed E-state index contributed by atoms with van der Waals surface area (Å²) in [5, 5.41) is 6.75. The molecule has 0 radical (unpaired) electrons. The topological polar surface area (TPSA) is 97.0 Å². The van der Waals surface area contributed by atoms with Crippen molar-refractivity contribution in [3.05, 3.63) is 41.4 Å². The minimum absolute atomic E-state index is 0.0502. The molecule has 3 heterocycles. The average molecular weight is 530 g/mol. The first-order valence-electron chi connectivity index (χ1n) is 13.3. The van der Waals surface area contributed by atoms with Gasteiger partial charge in [-0.2, -0.15) is 0 Å². The van der Waals surface area contributed by atoms with Crippen LogP contribution in [0.2, 0.25) is 5.02 Å². The summed E-state index contributed by atoms with van der Waals surface area (Å²) in [5.74, 6) is -1.36. The van der Waals surface area contributed by atoms with E-state index in [4.69, 9.17) is 21.1 Å². The minimum atomic E-state index is -1.16. The van der Waals surface area contributed by atoms with Crippen molar-refractivity contribution >= 4 is 35.0 Å². The maximum absolute atomic E-state index is 13.9. The Morgan fingerprint density at radius 3 is 2.68 bits per heavy atom. The number of likely N-dealkylation sites (tertiary alicyclic amines) is 1. The van der Waals surface area contributed by atoms with Crippen molar-refractivity contribution in [3.63, 3.8) is 0 Å². The van der Waals surface area contributed by atoms with Crippen LogP contribution in [0.4, 0.5) is 5.69 Å². The van der Waals surface area contributed by atoms with E-state index in [1.807, 2.05) is 12.2 Å². The predicted molar refractivity (Wildman–Crippen MR) is 140 cm³/mol. The van der Waals surface area contributed by atoms with E-state index >= 15 is 0 Å². The number of nitrogens with one attached hydrogen (secondary N) is 2. The molecular weight excluding hydrogens is 494 g/mol. The van der Waals surface area contributed by atoms with Crippen molar-refractivity contribution in [1.82, 2.24) is 10.2 Å². The molecule has 1 aliphatic carbocycles. The normalized spacial score (nSPS) is 36.1. The maximum atomic E-state index is 13.9. The van der Waals surface area contributed by atoms with Gasteiger partial charge in [-0.25, -0.2) is 0 Å². The van der Waals surface area contributed by atoms with Gasteiger partial charge >= 0.3 is 0 Å². The minimum Gasteiger partial charge on any atom is -0.385 e. The molecule has 200 valence electrons. The molecule has 9 heteroatoms. The van der Waals surface area contributed by atoms with E-state index in [9.17, 15) is 14.4 Å². The zero-order valence-corrected chi connectivity index (χ0v) is 22.4. The van der Waals surface area contributed by atoms with Gasteiger partial charge < -0.3 is 25.0 Å². The SMILES string of the molecule is COCCCN1C(=O)C2C(C(=O)Nc3ccc(Cl)cc3)C3C=CC2(O3)C1C(=O)NC1CCCC(C)C1C. The van der Waals surface area contributed by atoms with Crippen molar-refractivity contribution in [2.45, 2.75) is 63.3 Å². The number of rotatable bonds is 8. The summed E-state index contributed by atoms with van der Waals surface area (Å²) in [6, 6.07) is 6.05. The summed E-state index contributed by atoms with van der Waals surface area (Å²) in [7, 11) is 1.61. The average Bonchev–Trinajstić information content (AvgIpc) is 3.51. The number of ether oxygens (including phenoxy) is 2. The fourth-order valence-corrected chi connectivity index (χ4v) is 6.82. The molecule has 3 aliphatic heterocycles. The molecule has 8 unspecified atom stereocenters. The molecule has 2 bridgehead atoms. The lowest BCUT2D eigenvalue weighted by atomic mass is 9.73. The lowest BCUT2D eigenvalue weighted by Crippen LogP contribution is -2.58. The third-order valence-electron chi connectivity index (χ3n) is 8.82. The molecule has 1 aromatic rings. The Kier molecular flexibility index (Phi) is 7.35. The Bertz CT molecular complexity index is 1080. The number of methoxy groups -OCH3 is 1. The highest BCUT2D eigenvalue weighted by molar-refractivity contribution is 6.30. The number of fused-ring (bicyclic) bond motifs is 1. The highest BCUT2D eigenvalue weighted by Crippen LogP contribution is 2.55. The third kappa shape index (κ3) is 4.57. The molecule has 8 nitrogen and oxygen atoms in total. The molecule has 1 saturated carbocycles. The number of nitrogens with zero attached hydrogens (tertiary/aromatic N) is 1. The number of hydrogen-bond donors (Lipinski definition) is 2. The zero-order valence-electron chi connectivity index (χ0n) is 21.6. The lowest BCUT2D eigenvalue weighted by molar-refractivity contribution is -0.141. The Labute approximate surface area is 223 Å². The monoisotopic (exact) mass is 529 g/mol. The van der Waals surface area contributed by atoms with Crippen molar-refractivity contribution in [3.8, 4) is 0 Å². The first-order chi connectivity index (χ1) is 17.8. The van der Waals surface area contributed by atoms with Crippen LogP contribution in [0.5, 0.6) is 0 Å². The fourth-order valence-electron chi connectivity index (χ4n) is 6.69. The van der Waals surface area contributed by atoms with Gasteiger partial charge in [0.2, 0.25) is 17.7 Å². The van der Waals surface area contributed by atoms with Gasteiger partial charge in [-0.15, -0.1) is 0 Å². The molecule has 2 N–H and O–H groups in total. The van der Waals surface area contributed by atoms with Gasteiger partial charge in [0, 0.05) is 37.0 Å². The van der Waals surface area contributed by atoms with E-state index in [0.717, 1.165) is 19.3 Å². The first-order valence-corrected chi connectivity index (χ1v) is 13.7. The second-order valence-electron chi connectivity index (χ2n) is 11.0. The molecule has 3 fully saturated rings. The van der Waals surface area contributed by atoms with Crippen LogP contribution in [0.15, 0.2) is 36.4 Å². The summed E-state index contributed by atoms with van der Waals surface area (Å²) in [5.41, 5.74) is -0.572. The highest BCUT2D eigenvalue weighted by atomic mass is 35.5. The van der Waals surface area contributed by atoms with E-state index < -0.39 is 29.6 Å². The Morgan fingerprint density at radius 1 is 1.19 bits per heavy atom. The molecule has 3 amide bonds. The summed E-state index contributed by atoms with van der Waals surface area (Å²) >= 11 is 5.98. The summed E-state index contributed by atoms with van der Waals surface area (Å²) in [6.07, 6.45) is 6.84. The molecule has 1 spiro atoms. The van der Waals surface area contributed by atoms with Crippen LogP contribution < -0.4 is 10.6 Å². The van der Waals surface area contributed by atoms with Crippen LogP contribution in [0, 0.1) is 23.7 Å². The number of amides is 3. The van der Waals surface area contributed by atoms with Gasteiger partial charge in [0.25, 0.3) is 0 Å². The van der Waals surface area contributed by atoms with Crippen molar-refractivity contribution in [2.75, 3.05) is 25.6 Å². The number of benzene rings is 1. The smallest absolute Gasteiger partial charge is 0.246 e. The summed E-state index contributed by atoms with van der Waals surface area (Å²) in [6.45, 7) is 5.22. The third-order valence-corrected chi connectivity index (χ3v) is 9.07. The number of carbonyl (C=O) groups excluding carboxylic acids is 3. The number of anilines is 1. The summed E-state index contributed by atoms with van der Waals surface area (Å²) in [4.78, 5) is 42.9.